The zero-order chi connectivity index (χ0) is 34.6. The lowest BCUT2D eigenvalue weighted by Gasteiger charge is -2.26. The van der Waals surface area contributed by atoms with E-state index in [1.807, 2.05) is 61.0 Å². The Hall–Kier alpha value is -5.84. The van der Waals surface area contributed by atoms with E-state index in [1.54, 1.807) is 9.80 Å². The number of ether oxygens (including phenoxy) is 2. The van der Waals surface area contributed by atoms with Crippen LogP contribution in [-0.2, 0) is 32.2 Å². The van der Waals surface area contributed by atoms with Gasteiger partial charge in [0.2, 0.25) is 0 Å². The zero-order valence-corrected chi connectivity index (χ0v) is 28.2. The maximum Gasteiger partial charge on any atom is 0.253 e. The molecule has 2 aliphatic rings. The third kappa shape index (κ3) is 6.96. The first kappa shape index (κ1) is 32.4. The van der Waals surface area contributed by atoms with E-state index < -0.39 is 0 Å². The van der Waals surface area contributed by atoms with Gasteiger partial charge in [0, 0.05) is 95.3 Å². The summed E-state index contributed by atoms with van der Waals surface area (Å²) in [4.78, 5) is 37.5. The maximum absolute atomic E-state index is 12.2. The average molecular weight is 679 g/mol. The summed E-state index contributed by atoms with van der Waals surface area (Å²) in [6.45, 7) is 4.17. The second-order valence-electron chi connectivity index (χ2n) is 12.7. The number of aryl methyl sites for hydroxylation is 2. The molecule has 0 atom stereocenters. The summed E-state index contributed by atoms with van der Waals surface area (Å²) in [5.74, 6) is -0.0421. The number of hydrogen-bond donors (Lipinski definition) is 0. The van der Waals surface area contributed by atoms with E-state index >= 15 is 0 Å². The average Bonchev–Trinajstić information content (AvgIpc) is 3.72. The second kappa shape index (κ2) is 14.6. The van der Waals surface area contributed by atoms with E-state index in [9.17, 15) is 9.59 Å². The minimum Gasteiger partial charge on any atom is -0.370 e. The van der Waals surface area contributed by atoms with Gasteiger partial charge in [0.05, 0.1) is 24.6 Å². The van der Waals surface area contributed by atoms with Crippen molar-refractivity contribution in [1.82, 2.24) is 9.13 Å². The number of fused-ring (bicyclic) bond motifs is 2. The highest BCUT2D eigenvalue weighted by Crippen LogP contribution is 2.26. The molecule has 2 aromatic heterocycles. The van der Waals surface area contributed by atoms with Crippen molar-refractivity contribution < 1.29 is 19.1 Å². The molecular weight excluding hydrogens is 640 g/mol. The van der Waals surface area contributed by atoms with Crippen LogP contribution in [-0.4, -0.2) is 72.9 Å². The quantitative estimate of drug-likeness (QED) is 0.147. The molecule has 2 aliphatic heterocycles. The first-order chi connectivity index (χ1) is 25.1. The van der Waals surface area contributed by atoms with Gasteiger partial charge in [-0.3, -0.25) is 19.6 Å². The van der Waals surface area contributed by atoms with Gasteiger partial charge in [0.1, 0.15) is 13.2 Å². The van der Waals surface area contributed by atoms with Crippen molar-refractivity contribution in [3.05, 3.63) is 121 Å². The Morgan fingerprint density at radius 2 is 1.00 bits per heavy atom. The molecule has 4 aromatic carbocycles. The predicted octanol–water partition coefficient (Wildman–Crippen LogP) is 6.91. The number of nitrogens with zero attached hydrogens (tertiary/aromatic N) is 6. The third-order valence-electron chi connectivity index (χ3n) is 9.44. The van der Waals surface area contributed by atoms with E-state index in [1.165, 1.54) is 11.0 Å². The minimum atomic E-state index is -0.0211. The molecule has 0 N–H and O–H groups in total. The predicted molar refractivity (Wildman–Crippen MR) is 202 cm³/mol. The molecule has 8 rings (SSSR count). The molecule has 0 bridgehead atoms. The fourth-order valence-electron chi connectivity index (χ4n) is 6.85. The van der Waals surface area contributed by atoms with Gasteiger partial charge in [0.25, 0.3) is 11.8 Å². The second-order valence-corrected chi connectivity index (χ2v) is 12.7. The fraction of sp³-hybridized carbons (Fsp3) is 0.220. The van der Waals surface area contributed by atoms with Gasteiger partial charge >= 0.3 is 0 Å². The normalized spacial score (nSPS) is 15.7. The molecule has 0 radical (unpaired) electrons. The summed E-state index contributed by atoms with van der Waals surface area (Å²) in [6, 6.07) is 32.4. The first-order valence-electron chi connectivity index (χ1n) is 17.3. The maximum atomic E-state index is 12.2. The lowest BCUT2D eigenvalue weighted by molar-refractivity contribution is -0.126. The molecule has 0 aliphatic carbocycles. The number of aromatic nitrogens is 2. The lowest BCUT2D eigenvalue weighted by atomic mass is 10.2. The fourth-order valence-corrected chi connectivity index (χ4v) is 6.85. The highest BCUT2D eigenvalue weighted by atomic mass is 16.5. The Bertz CT molecular complexity index is 2090. The summed E-state index contributed by atoms with van der Waals surface area (Å²) in [7, 11) is 0. The number of aliphatic imine (C=N–C) groups is 2. The van der Waals surface area contributed by atoms with E-state index in [0.717, 1.165) is 64.2 Å². The van der Waals surface area contributed by atoms with Crippen LogP contribution in [0.2, 0.25) is 0 Å². The summed E-state index contributed by atoms with van der Waals surface area (Å²) in [5, 5.41) is 2.32. The van der Waals surface area contributed by atoms with Crippen LogP contribution in [0.1, 0.15) is 17.5 Å². The summed E-state index contributed by atoms with van der Waals surface area (Å²) >= 11 is 0. The van der Waals surface area contributed by atoms with Gasteiger partial charge in [-0.15, -0.1) is 0 Å². The largest absolute Gasteiger partial charge is 0.370 e. The molecular formula is C41H38N6O4. The van der Waals surface area contributed by atoms with Crippen LogP contribution in [0.25, 0.3) is 21.8 Å². The first-order valence-corrected chi connectivity index (χ1v) is 17.3. The number of hydrogen-bond acceptors (Lipinski definition) is 6. The van der Waals surface area contributed by atoms with Crippen molar-refractivity contribution in [2.24, 2.45) is 9.98 Å². The van der Waals surface area contributed by atoms with Crippen molar-refractivity contribution in [3.63, 3.8) is 0 Å². The standard InChI is InChI=1S/C41H38N6O4/c48-40-28-50-22-20-46(40)34-14-10-32(11-15-34)42-24-30-26-44(38-8-3-1-6-36(30)38)18-5-19-45-27-31(37-7-2-4-9-39(37)45)25-43-33-12-16-35(17-13-33)47-21-23-51-29-41(47)49/h1-4,6-17,24-27H,5,18-23,28-29H2. The van der Waals surface area contributed by atoms with Crippen LogP contribution in [0.5, 0.6) is 0 Å². The third-order valence-corrected chi connectivity index (χ3v) is 9.44. The molecule has 0 spiro atoms. The molecule has 6 aromatic rings. The van der Waals surface area contributed by atoms with Crippen LogP contribution in [0.15, 0.2) is 119 Å². The van der Waals surface area contributed by atoms with Crippen LogP contribution in [0, 0.1) is 0 Å². The number of carbonyl (C=O) groups is 2. The summed E-state index contributed by atoms with van der Waals surface area (Å²) < 4.78 is 15.1. The number of para-hydroxylation sites is 2. The molecule has 2 fully saturated rings. The van der Waals surface area contributed by atoms with Gasteiger partial charge < -0.3 is 28.4 Å². The molecule has 2 saturated heterocycles. The van der Waals surface area contributed by atoms with Crippen molar-refractivity contribution in [3.8, 4) is 0 Å². The topological polar surface area (TPSA) is 93.7 Å². The molecule has 0 saturated carbocycles. The van der Waals surface area contributed by atoms with Gasteiger partial charge in [0.15, 0.2) is 0 Å². The van der Waals surface area contributed by atoms with Crippen molar-refractivity contribution in [2.45, 2.75) is 19.5 Å². The smallest absolute Gasteiger partial charge is 0.253 e. The molecule has 4 heterocycles. The van der Waals surface area contributed by atoms with Crippen LogP contribution in [0.3, 0.4) is 0 Å². The van der Waals surface area contributed by atoms with Gasteiger partial charge in [-0.2, -0.15) is 0 Å². The Balaban J connectivity index is 0.948. The number of benzene rings is 4. The Morgan fingerprint density at radius 3 is 1.43 bits per heavy atom. The molecule has 0 unspecified atom stereocenters. The number of anilines is 2. The minimum absolute atomic E-state index is 0.0211. The molecule has 2 amide bonds. The Labute approximate surface area is 295 Å². The van der Waals surface area contributed by atoms with Gasteiger partial charge in [-0.05, 0) is 67.1 Å². The lowest BCUT2D eigenvalue weighted by Crippen LogP contribution is -2.41. The van der Waals surface area contributed by atoms with Crippen molar-refractivity contribution >= 4 is 68.8 Å². The molecule has 10 heteroatoms. The zero-order valence-electron chi connectivity index (χ0n) is 28.2. The van der Waals surface area contributed by atoms with Gasteiger partial charge in [-0.25, -0.2) is 0 Å². The van der Waals surface area contributed by atoms with Crippen LogP contribution in [0.4, 0.5) is 22.7 Å². The number of amides is 2. The van der Waals surface area contributed by atoms with E-state index in [4.69, 9.17) is 19.5 Å². The molecule has 51 heavy (non-hydrogen) atoms. The number of carbonyl (C=O) groups excluding carboxylic acids is 2. The highest BCUT2D eigenvalue weighted by molar-refractivity contribution is 6.01. The summed E-state index contributed by atoms with van der Waals surface area (Å²) in [6.07, 6.45) is 9.15. The van der Waals surface area contributed by atoms with Crippen molar-refractivity contribution in [1.29, 1.82) is 0 Å². The van der Waals surface area contributed by atoms with E-state index in [0.29, 0.717) is 26.3 Å². The highest BCUT2D eigenvalue weighted by Gasteiger charge is 2.21. The Morgan fingerprint density at radius 1 is 0.569 bits per heavy atom. The SMILES string of the molecule is O=C1COCCN1c1ccc(N=Cc2cn(CCCn3cc(C=Nc4ccc(N5CCOCC5=O)cc4)c4ccccc43)c3ccccc23)cc1. The Kier molecular flexibility index (Phi) is 9.24. The van der Waals surface area contributed by atoms with Gasteiger partial charge in [-0.1, -0.05) is 36.4 Å². The number of morpholine rings is 2. The summed E-state index contributed by atoms with van der Waals surface area (Å²) in [5.41, 5.74) is 7.86. The number of rotatable bonds is 10. The molecule has 256 valence electrons. The monoisotopic (exact) mass is 678 g/mol. The molecule has 10 nitrogen and oxygen atoms in total. The van der Waals surface area contributed by atoms with Crippen LogP contribution >= 0.6 is 0 Å². The van der Waals surface area contributed by atoms with Crippen LogP contribution < -0.4 is 9.80 Å². The van der Waals surface area contributed by atoms with E-state index in [2.05, 4.69) is 70.1 Å². The van der Waals surface area contributed by atoms with E-state index in [-0.39, 0.29) is 25.0 Å². The van der Waals surface area contributed by atoms with Crippen molar-refractivity contribution in [2.75, 3.05) is 49.3 Å².